The second-order valence-corrected chi connectivity index (χ2v) is 7.51. The minimum Gasteiger partial charge on any atom is -0.493 e. The van der Waals surface area contributed by atoms with Gasteiger partial charge in [-0.3, -0.25) is 0 Å². The van der Waals surface area contributed by atoms with Gasteiger partial charge >= 0.3 is 0 Å². The van der Waals surface area contributed by atoms with Crippen molar-refractivity contribution < 1.29 is 14.6 Å². The summed E-state index contributed by atoms with van der Waals surface area (Å²) < 4.78 is 11.5. The first-order valence-electron chi connectivity index (χ1n) is 9.37. The van der Waals surface area contributed by atoms with Gasteiger partial charge in [-0.1, -0.05) is 12.1 Å². The van der Waals surface area contributed by atoms with Crippen LogP contribution in [-0.2, 0) is 0 Å². The first-order valence-corrected chi connectivity index (χ1v) is 9.37. The molecular formula is C20H26N4O3. The normalized spacial score (nSPS) is 27.3. The van der Waals surface area contributed by atoms with Crippen LogP contribution in [0, 0.1) is 18.8 Å². The largest absolute Gasteiger partial charge is 0.493 e. The number of hydrogen-bond donors (Lipinski definition) is 2. The number of nitrogens with zero attached hydrogens (tertiary/aromatic N) is 3. The highest BCUT2D eigenvalue weighted by Gasteiger charge is 2.43. The number of aliphatic hydroxyl groups is 1. The van der Waals surface area contributed by atoms with E-state index >= 15 is 0 Å². The summed E-state index contributed by atoms with van der Waals surface area (Å²) in [4.78, 5) is 10.7. The van der Waals surface area contributed by atoms with E-state index in [1.807, 2.05) is 31.2 Å². The number of para-hydroxylation sites is 2. The highest BCUT2D eigenvalue weighted by Crippen LogP contribution is 2.40. The van der Waals surface area contributed by atoms with E-state index in [2.05, 4.69) is 14.9 Å². The monoisotopic (exact) mass is 370 g/mol. The maximum Gasteiger partial charge on any atom is 0.221 e. The molecule has 0 spiro atoms. The van der Waals surface area contributed by atoms with Crippen LogP contribution in [0.3, 0.4) is 0 Å². The molecule has 2 aromatic rings. The quantitative estimate of drug-likeness (QED) is 0.850. The van der Waals surface area contributed by atoms with Crippen LogP contribution in [0.1, 0.15) is 18.4 Å². The number of rotatable bonds is 4. The fourth-order valence-corrected chi connectivity index (χ4v) is 4.34. The molecule has 2 aliphatic rings. The van der Waals surface area contributed by atoms with Crippen molar-refractivity contribution in [2.24, 2.45) is 11.8 Å². The zero-order valence-corrected chi connectivity index (χ0v) is 15.7. The summed E-state index contributed by atoms with van der Waals surface area (Å²) in [7, 11) is 1.63. The third kappa shape index (κ3) is 3.51. The SMILES string of the molecule is COc1ccccc1O[C@@H]1C[C@@H]2CN(c3nc(N)ncc3C)C[C@@H]2C[C@H]1O. The number of benzene rings is 1. The third-order valence-electron chi connectivity index (χ3n) is 5.70. The smallest absolute Gasteiger partial charge is 0.221 e. The lowest BCUT2D eigenvalue weighted by molar-refractivity contribution is -0.0240. The molecule has 0 bridgehead atoms. The first kappa shape index (κ1) is 17.9. The lowest BCUT2D eigenvalue weighted by atomic mass is 9.78. The van der Waals surface area contributed by atoms with Crippen molar-refractivity contribution in [3.63, 3.8) is 0 Å². The molecule has 144 valence electrons. The summed E-state index contributed by atoms with van der Waals surface area (Å²) in [5.74, 6) is 3.43. The van der Waals surface area contributed by atoms with Crippen LogP contribution in [0.4, 0.5) is 11.8 Å². The average Bonchev–Trinajstić information content (AvgIpc) is 3.07. The maximum atomic E-state index is 10.7. The molecule has 7 heteroatoms. The minimum atomic E-state index is -0.493. The molecule has 0 amide bonds. The molecule has 0 unspecified atom stereocenters. The van der Waals surface area contributed by atoms with Crippen molar-refractivity contribution in [3.8, 4) is 11.5 Å². The van der Waals surface area contributed by atoms with E-state index in [9.17, 15) is 5.11 Å². The van der Waals surface area contributed by atoms with Gasteiger partial charge in [0.1, 0.15) is 11.9 Å². The van der Waals surface area contributed by atoms with E-state index in [0.717, 1.165) is 37.3 Å². The Morgan fingerprint density at radius 3 is 2.59 bits per heavy atom. The number of aryl methyl sites for hydroxylation is 1. The van der Waals surface area contributed by atoms with Crippen LogP contribution in [-0.4, -0.2) is 47.5 Å². The fraction of sp³-hybridized carbons (Fsp3) is 0.500. The van der Waals surface area contributed by atoms with Crippen LogP contribution in [0.5, 0.6) is 11.5 Å². The summed E-state index contributed by atoms with van der Waals surface area (Å²) in [5.41, 5.74) is 6.80. The Morgan fingerprint density at radius 1 is 1.15 bits per heavy atom. The van der Waals surface area contributed by atoms with E-state index in [-0.39, 0.29) is 6.10 Å². The zero-order chi connectivity index (χ0) is 19.0. The number of aliphatic hydroxyl groups excluding tert-OH is 1. The predicted molar refractivity (Wildman–Crippen MR) is 103 cm³/mol. The zero-order valence-electron chi connectivity index (χ0n) is 15.7. The highest BCUT2D eigenvalue weighted by atomic mass is 16.5. The van der Waals surface area contributed by atoms with Gasteiger partial charge in [-0.2, -0.15) is 4.98 Å². The first-order chi connectivity index (χ1) is 13.0. The molecule has 27 heavy (non-hydrogen) atoms. The van der Waals surface area contributed by atoms with Gasteiger partial charge in [-0.25, -0.2) is 4.98 Å². The van der Waals surface area contributed by atoms with Gasteiger partial charge in [0, 0.05) is 24.8 Å². The molecular weight excluding hydrogens is 344 g/mol. The molecule has 1 saturated heterocycles. The molecule has 1 aliphatic heterocycles. The summed E-state index contributed by atoms with van der Waals surface area (Å²) in [6.07, 6.45) is 2.56. The minimum absolute atomic E-state index is 0.237. The van der Waals surface area contributed by atoms with E-state index < -0.39 is 6.10 Å². The predicted octanol–water partition coefficient (Wildman–Crippen LogP) is 2.03. The molecule has 1 saturated carbocycles. The number of ether oxygens (including phenoxy) is 2. The van der Waals surface area contributed by atoms with E-state index in [1.165, 1.54) is 0 Å². The van der Waals surface area contributed by atoms with Crippen molar-refractivity contribution >= 4 is 11.8 Å². The third-order valence-corrected chi connectivity index (χ3v) is 5.70. The fourth-order valence-electron chi connectivity index (χ4n) is 4.34. The second kappa shape index (κ2) is 7.23. The van der Waals surface area contributed by atoms with Crippen LogP contribution in [0.15, 0.2) is 30.5 Å². The Bertz CT molecular complexity index is 816. The van der Waals surface area contributed by atoms with Crippen LogP contribution in [0.25, 0.3) is 0 Å². The summed E-state index contributed by atoms with van der Waals surface area (Å²) in [6, 6.07) is 7.57. The molecule has 7 nitrogen and oxygen atoms in total. The summed E-state index contributed by atoms with van der Waals surface area (Å²) in [5, 5.41) is 10.7. The number of nitrogen functional groups attached to an aromatic ring is 1. The van der Waals surface area contributed by atoms with E-state index in [1.54, 1.807) is 13.3 Å². The average molecular weight is 370 g/mol. The van der Waals surface area contributed by atoms with Gasteiger partial charge < -0.3 is 25.2 Å². The number of anilines is 2. The maximum absolute atomic E-state index is 10.7. The van der Waals surface area contributed by atoms with Gasteiger partial charge in [0.15, 0.2) is 11.5 Å². The topological polar surface area (TPSA) is 93.7 Å². The Morgan fingerprint density at radius 2 is 1.85 bits per heavy atom. The molecule has 2 fully saturated rings. The second-order valence-electron chi connectivity index (χ2n) is 7.51. The summed E-state index contributed by atoms with van der Waals surface area (Å²) in [6.45, 7) is 3.76. The van der Waals surface area contributed by atoms with Crippen molar-refractivity contribution in [2.45, 2.75) is 32.0 Å². The molecule has 1 aliphatic carbocycles. The molecule has 4 atom stereocenters. The Hall–Kier alpha value is -2.54. The highest BCUT2D eigenvalue weighted by molar-refractivity contribution is 5.49. The lowest BCUT2D eigenvalue weighted by Gasteiger charge is -2.35. The molecule has 3 N–H and O–H groups in total. The molecule has 0 radical (unpaired) electrons. The number of fused-ring (bicyclic) bond motifs is 1. The van der Waals surface area contributed by atoms with Gasteiger partial charge in [0.05, 0.1) is 13.2 Å². The van der Waals surface area contributed by atoms with Crippen LogP contribution < -0.4 is 20.1 Å². The van der Waals surface area contributed by atoms with Gasteiger partial charge in [-0.05, 0) is 43.7 Å². The Balaban J connectivity index is 1.48. The number of aromatic nitrogens is 2. The molecule has 1 aromatic carbocycles. The van der Waals surface area contributed by atoms with Gasteiger partial charge in [0.25, 0.3) is 0 Å². The van der Waals surface area contributed by atoms with E-state index in [0.29, 0.717) is 29.3 Å². The van der Waals surface area contributed by atoms with Crippen molar-refractivity contribution in [3.05, 3.63) is 36.0 Å². The van der Waals surface area contributed by atoms with Crippen LogP contribution in [0.2, 0.25) is 0 Å². The van der Waals surface area contributed by atoms with Crippen LogP contribution >= 0.6 is 0 Å². The van der Waals surface area contributed by atoms with E-state index in [4.69, 9.17) is 15.2 Å². The lowest BCUT2D eigenvalue weighted by Crippen LogP contribution is -2.42. The Kier molecular flexibility index (Phi) is 4.78. The summed E-state index contributed by atoms with van der Waals surface area (Å²) >= 11 is 0. The van der Waals surface area contributed by atoms with Crippen molar-refractivity contribution in [2.75, 3.05) is 30.8 Å². The van der Waals surface area contributed by atoms with Gasteiger partial charge in [-0.15, -0.1) is 0 Å². The molecule has 2 heterocycles. The number of hydrogen-bond acceptors (Lipinski definition) is 7. The molecule has 4 rings (SSSR count). The number of methoxy groups -OCH3 is 1. The molecule has 1 aromatic heterocycles. The standard InChI is InChI=1S/C20H26N4O3/c1-12-9-22-20(21)23-19(12)24-10-13-7-15(25)18(8-14(13)11-24)27-17-6-4-3-5-16(17)26-2/h3-6,9,13-15,18,25H,7-8,10-11H2,1-2H3,(H2,21,22,23)/t13-,14+,15+,18+/m0/s1. The van der Waals surface area contributed by atoms with Crippen molar-refractivity contribution in [1.29, 1.82) is 0 Å². The number of nitrogens with two attached hydrogens (primary N) is 1. The van der Waals surface area contributed by atoms with Gasteiger partial charge in [0.2, 0.25) is 5.95 Å². The van der Waals surface area contributed by atoms with Crippen molar-refractivity contribution in [1.82, 2.24) is 9.97 Å². The Labute approximate surface area is 159 Å².